The molecule has 0 aliphatic carbocycles. The largest absolute Gasteiger partial charge is 1.00 e. The van der Waals surface area contributed by atoms with Crippen molar-refractivity contribution in [2.75, 3.05) is 0 Å². The molecule has 0 aromatic carbocycles. The predicted octanol–water partition coefficient (Wildman–Crippen LogP) is -6.35. The summed E-state index contributed by atoms with van der Waals surface area (Å²) in [4.78, 5) is 30.0. The maximum atomic E-state index is 10.1. The van der Waals surface area contributed by atoms with Crippen molar-refractivity contribution >= 4 is 17.9 Å². The molecule has 0 aromatic heterocycles. The molecule has 0 aliphatic rings. The topological polar surface area (TPSA) is 120 Å². The van der Waals surface area contributed by atoms with E-state index in [1.165, 1.54) is 89.9 Å². The van der Waals surface area contributed by atoms with Crippen LogP contribution in [0.5, 0.6) is 0 Å². The Bertz CT molecular complexity index is 483. The van der Waals surface area contributed by atoms with E-state index in [0.717, 1.165) is 44.9 Å². The first-order chi connectivity index (χ1) is 17.3. The number of carbonyl (C=O) groups is 3. The van der Waals surface area contributed by atoms with Gasteiger partial charge in [0.1, 0.15) is 0 Å². The molecule has 0 aromatic rings. The first kappa shape index (κ1) is 58.0. The van der Waals surface area contributed by atoms with E-state index in [1.807, 2.05) is 0 Å². The number of carboxylic acids is 3. The Morgan fingerprint density at radius 1 is 0.325 bits per heavy atom. The molecule has 6 nitrogen and oxygen atoms in total. The van der Waals surface area contributed by atoms with Crippen LogP contribution in [0.4, 0.5) is 0 Å². The van der Waals surface area contributed by atoms with Gasteiger partial charge < -0.3 is 29.7 Å². The zero-order chi connectivity index (χ0) is 27.7. The number of hydrogen-bond donors (Lipinski definition) is 0. The summed E-state index contributed by atoms with van der Waals surface area (Å²) in [6.45, 7) is 6.55. The molecule has 0 heterocycles. The van der Waals surface area contributed by atoms with E-state index in [-0.39, 0.29) is 137 Å². The molecule has 40 heavy (non-hydrogen) atoms. The number of hydrogen-bond acceptors (Lipinski definition) is 6. The van der Waals surface area contributed by atoms with E-state index >= 15 is 0 Å². The van der Waals surface area contributed by atoms with Crippen molar-refractivity contribution in [1.29, 1.82) is 0 Å². The Kier molecular flexibility index (Phi) is 78.2. The molecule has 0 N–H and O–H groups in total. The van der Waals surface area contributed by atoms with Crippen LogP contribution >= 0.6 is 0 Å². The van der Waals surface area contributed by atoms with Gasteiger partial charge in [0.05, 0.1) is 0 Å². The van der Waals surface area contributed by atoms with Crippen molar-refractivity contribution < 1.29 is 148 Å². The number of carbonyl (C=O) groups excluding carboxylic acids is 3. The minimum atomic E-state index is -0.920. The van der Waals surface area contributed by atoms with Gasteiger partial charge in [0.25, 0.3) is 0 Å². The minimum Gasteiger partial charge on any atom is -0.550 e. The van der Waals surface area contributed by atoms with Gasteiger partial charge in [-0.25, -0.2) is 0 Å². The van der Waals surface area contributed by atoms with Gasteiger partial charge in [-0.1, -0.05) is 136 Å². The molecule has 0 unspecified atom stereocenters. The van der Waals surface area contributed by atoms with Crippen LogP contribution in [0.15, 0.2) is 0 Å². The molecule has 0 bridgehead atoms. The third-order valence-corrected chi connectivity index (χ3v) is 5.95. The number of aliphatic carboxylic acids is 3. The maximum Gasteiger partial charge on any atom is 1.00 e. The molecule has 0 spiro atoms. The quantitative estimate of drug-likeness (QED) is 0.0798. The van der Waals surface area contributed by atoms with Gasteiger partial charge in [0.15, 0.2) is 0 Å². The molecule has 0 amide bonds. The Morgan fingerprint density at radius 2 is 0.475 bits per heavy atom. The fourth-order valence-corrected chi connectivity index (χ4v) is 3.68. The fourth-order valence-electron chi connectivity index (χ4n) is 3.68. The molecule has 0 saturated carbocycles. The standard InChI is InChI=1S/C12H24O2.C10H20O2.C8H16O2.4Na/c1-2-3-4-5-6-7-8-9-10-11-12(13)14;1-2-3-4-5-6-7-8-9-10(11)12;1-2-3-4-5-6-7-8(9)10;;;;/h2-11H2,1H3,(H,13,14);2-9H2,1H3,(H,11,12);2-7H2,1H3,(H,9,10);;;;/q;;;4*+1/p-3. The van der Waals surface area contributed by atoms with Gasteiger partial charge >= 0.3 is 118 Å². The summed E-state index contributed by atoms with van der Waals surface area (Å²) in [7, 11) is 0. The fraction of sp³-hybridized carbons (Fsp3) is 0.900. The Hall–Kier alpha value is 2.41. The van der Waals surface area contributed by atoms with Gasteiger partial charge in [-0.15, -0.1) is 0 Å². The average Bonchev–Trinajstić information content (AvgIpc) is 2.82. The number of carboxylic acid groups (broad SMARTS) is 3. The van der Waals surface area contributed by atoms with E-state index in [4.69, 9.17) is 0 Å². The van der Waals surface area contributed by atoms with E-state index in [1.54, 1.807) is 0 Å². The second kappa shape index (κ2) is 53.9. The van der Waals surface area contributed by atoms with E-state index < -0.39 is 17.9 Å². The third-order valence-electron chi connectivity index (χ3n) is 5.95. The second-order valence-corrected chi connectivity index (χ2v) is 9.73. The molecule has 10 heteroatoms. The smallest absolute Gasteiger partial charge is 0.550 e. The van der Waals surface area contributed by atoms with Crippen molar-refractivity contribution in [3.05, 3.63) is 0 Å². The van der Waals surface area contributed by atoms with Crippen LogP contribution in [0.3, 0.4) is 0 Å². The summed E-state index contributed by atoms with van der Waals surface area (Å²) >= 11 is 0. The Balaban J connectivity index is -0.0000000787. The van der Waals surface area contributed by atoms with Crippen molar-refractivity contribution in [1.82, 2.24) is 0 Å². The van der Waals surface area contributed by atoms with Crippen molar-refractivity contribution in [3.63, 3.8) is 0 Å². The first-order valence-electron chi connectivity index (χ1n) is 14.9. The van der Waals surface area contributed by atoms with Gasteiger partial charge in [0.2, 0.25) is 0 Å². The SMILES string of the molecule is CCCCCCCC(=O)[O-].CCCCCCCCCC(=O)[O-].CCCCCCCCCCCC(=O)[O-].[Na+].[Na+].[Na+].[Na+]. The summed E-state index contributed by atoms with van der Waals surface area (Å²) in [5, 5.41) is 30.0. The van der Waals surface area contributed by atoms with Gasteiger partial charge in [0, 0.05) is 17.9 Å². The van der Waals surface area contributed by atoms with E-state index in [2.05, 4.69) is 20.8 Å². The van der Waals surface area contributed by atoms with Crippen LogP contribution in [0.1, 0.15) is 175 Å². The summed E-state index contributed by atoms with van der Waals surface area (Å²) in [6.07, 6.45) is 25.1. The molecule has 0 saturated heterocycles. The molecule has 0 aliphatic heterocycles. The summed E-state index contributed by atoms with van der Waals surface area (Å²) in [6, 6.07) is 0. The molecule has 0 radical (unpaired) electrons. The Morgan fingerprint density at radius 3 is 0.625 bits per heavy atom. The Labute approximate surface area is 336 Å². The van der Waals surface area contributed by atoms with Gasteiger partial charge in [-0.3, -0.25) is 0 Å². The van der Waals surface area contributed by atoms with Crippen molar-refractivity contribution in [2.45, 2.75) is 175 Å². The van der Waals surface area contributed by atoms with E-state index in [9.17, 15) is 29.7 Å². The van der Waals surface area contributed by atoms with Crippen molar-refractivity contribution in [2.24, 2.45) is 0 Å². The maximum absolute atomic E-state index is 10.1. The van der Waals surface area contributed by atoms with Crippen LogP contribution in [0.25, 0.3) is 0 Å². The zero-order valence-electron chi connectivity index (χ0n) is 27.9. The number of unbranched alkanes of at least 4 members (excludes halogenated alkanes) is 18. The number of rotatable bonds is 24. The average molecular weight is 606 g/mol. The molecular weight excluding hydrogens is 548 g/mol. The van der Waals surface area contributed by atoms with Crippen LogP contribution in [0.2, 0.25) is 0 Å². The summed E-state index contributed by atoms with van der Waals surface area (Å²) in [5.41, 5.74) is 0. The third kappa shape index (κ3) is 72.6. The monoisotopic (exact) mass is 605 g/mol. The van der Waals surface area contributed by atoms with Crippen LogP contribution < -0.4 is 134 Å². The molecule has 0 rings (SSSR count). The molecule has 0 fully saturated rings. The van der Waals surface area contributed by atoms with E-state index in [0.29, 0.717) is 0 Å². The first-order valence-corrected chi connectivity index (χ1v) is 14.9. The summed E-state index contributed by atoms with van der Waals surface area (Å²) < 4.78 is 0. The molecule has 216 valence electrons. The summed E-state index contributed by atoms with van der Waals surface area (Å²) in [5.74, 6) is -2.74. The minimum absolute atomic E-state index is 0. The van der Waals surface area contributed by atoms with Crippen LogP contribution in [-0.2, 0) is 14.4 Å². The normalized spacial score (nSPS) is 9.07. The van der Waals surface area contributed by atoms with Gasteiger partial charge in [-0.2, -0.15) is 0 Å². The zero-order valence-corrected chi connectivity index (χ0v) is 35.9. The molecule has 0 atom stereocenters. The van der Waals surface area contributed by atoms with Crippen LogP contribution in [0, 0.1) is 0 Å². The van der Waals surface area contributed by atoms with Gasteiger partial charge in [-0.05, 0) is 38.5 Å². The predicted molar refractivity (Wildman–Crippen MR) is 143 cm³/mol. The molecular formula is C30H57Na4O6+. The van der Waals surface area contributed by atoms with Crippen LogP contribution in [-0.4, -0.2) is 17.9 Å². The van der Waals surface area contributed by atoms with Crippen molar-refractivity contribution in [3.8, 4) is 0 Å². The second-order valence-electron chi connectivity index (χ2n) is 9.73.